The highest BCUT2D eigenvalue weighted by Crippen LogP contribution is 2.25. The third kappa shape index (κ3) is 2.85. The number of carbonyl (C=O) groups excluding carboxylic acids is 1. The zero-order valence-electron chi connectivity index (χ0n) is 9.94. The molecular formula is C12H10ClFN2O3. The van der Waals surface area contributed by atoms with Gasteiger partial charge in [0.15, 0.2) is 5.82 Å². The summed E-state index contributed by atoms with van der Waals surface area (Å²) < 4.78 is 23.6. The van der Waals surface area contributed by atoms with Gasteiger partial charge in [0.05, 0.1) is 23.9 Å². The van der Waals surface area contributed by atoms with E-state index in [9.17, 15) is 9.18 Å². The molecule has 1 aromatic heterocycles. The van der Waals surface area contributed by atoms with Gasteiger partial charge in [0.25, 0.3) is 0 Å². The Labute approximate surface area is 113 Å². The number of furan rings is 1. The summed E-state index contributed by atoms with van der Waals surface area (Å²) in [5.41, 5.74) is 2.87. The molecule has 0 fully saturated rings. The minimum absolute atomic E-state index is 0.0800. The lowest BCUT2D eigenvalue weighted by Gasteiger charge is -2.03. The fourth-order valence-corrected chi connectivity index (χ4v) is 1.54. The molecular weight excluding hydrogens is 275 g/mol. The monoisotopic (exact) mass is 284 g/mol. The summed E-state index contributed by atoms with van der Waals surface area (Å²) in [4.78, 5) is 11.2. The molecule has 5 nitrogen and oxygen atoms in total. The molecule has 0 unspecified atom stereocenters. The van der Waals surface area contributed by atoms with E-state index in [0.29, 0.717) is 11.0 Å². The van der Waals surface area contributed by atoms with Gasteiger partial charge in [-0.25, -0.2) is 9.18 Å². The lowest BCUT2D eigenvalue weighted by molar-refractivity contribution is -0.134. The van der Waals surface area contributed by atoms with E-state index in [0.717, 1.165) is 0 Å². The maximum atomic E-state index is 14.0. The third-order valence-electron chi connectivity index (χ3n) is 2.29. The number of halogens is 2. The van der Waals surface area contributed by atoms with Gasteiger partial charge < -0.3 is 9.15 Å². The number of ether oxygens (including phenoxy) is 1. The van der Waals surface area contributed by atoms with E-state index >= 15 is 0 Å². The van der Waals surface area contributed by atoms with Crippen molar-refractivity contribution in [1.82, 2.24) is 0 Å². The van der Waals surface area contributed by atoms with E-state index in [1.54, 1.807) is 13.0 Å². The van der Waals surface area contributed by atoms with Gasteiger partial charge >= 0.3 is 5.97 Å². The quantitative estimate of drug-likeness (QED) is 0.532. The topological polar surface area (TPSA) is 63.8 Å². The minimum atomic E-state index is -0.776. The van der Waals surface area contributed by atoms with Crippen LogP contribution in [-0.2, 0) is 9.53 Å². The highest BCUT2D eigenvalue weighted by atomic mass is 35.5. The lowest BCUT2D eigenvalue weighted by atomic mass is 10.2. The van der Waals surface area contributed by atoms with Gasteiger partial charge in [0, 0.05) is 0 Å². The fourth-order valence-electron chi connectivity index (χ4n) is 1.44. The maximum Gasteiger partial charge on any atom is 0.370 e. The van der Waals surface area contributed by atoms with Crippen LogP contribution in [0.25, 0.3) is 11.0 Å². The van der Waals surface area contributed by atoms with Crippen LogP contribution >= 0.6 is 11.6 Å². The van der Waals surface area contributed by atoms with Crippen molar-refractivity contribution in [3.8, 4) is 0 Å². The molecule has 100 valence electrons. The van der Waals surface area contributed by atoms with Gasteiger partial charge in [0.1, 0.15) is 5.58 Å². The fraction of sp³-hybridized carbons (Fsp3) is 0.167. The van der Waals surface area contributed by atoms with Gasteiger partial charge in [0.2, 0.25) is 5.17 Å². The van der Waals surface area contributed by atoms with Gasteiger partial charge in [-0.15, -0.1) is 0 Å². The van der Waals surface area contributed by atoms with Crippen molar-refractivity contribution in [2.45, 2.75) is 6.92 Å². The van der Waals surface area contributed by atoms with Crippen molar-refractivity contribution in [1.29, 1.82) is 0 Å². The maximum absolute atomic E-state index is 14.0. The van der Waals surface area contributed by atoms with Crippen LogP contribution < -0.4 is 5.43 Å². The Morgan fingerprint density at radius 3 is 3.05 bits per heavy atom. The number of rotatable bonds is 4. The number of hydrogen-bond acceptors (Lipinski definition) is 5. The predicted molar refractivity (Wildman–Crippen MR) is 69.7 cm³/mol. The van der Waals surface area contributed by atoms with Crippen molar-refractivity contribution in [2.75, 3.05) is 12.0 Å². The Kier molecular flexibility index (Phi) is 4.01. The van der Waals surface area contributed by atoms with Crippen LogP contribution in [0.5, 0.6) is 0 Å². The first-order valence-corrected chi connectivity index (χ1v) is 5.83. The number of esters is 1. The molecule has 0 atom stereocenters. The first kappa shape index (κ1) is 13.4. The Balaban J connectivity index is 2.19. The van der Waals surface area contributed by atoms with E-state index in [1.807, 2.05) is 0 Å². The van der Waals surface area contributed by atoms with E-state index < -0.39 is 17.0 Å². The smallest absolute Gasteiger partial charge is 0.370 e. The number of nitrogens with zero attached hydrogens (tertiary/aromatic N) is 1. The minimum Gasteiger partial charge on any atom is -0.464 e. The Hall–Kier alpha value is -2.08. The molecule has 7 heteroatoms. The highest BCUT2D eigenvalue weighted by molar-refractivity contribution is 6.82. The van der Waals surface area contributed by atoms with Crippen molar-refractivity contribution in [3.63, 3.8) is 0 Å². The van der Waals surface area contributed by atoms with Gasteiger partial charge in [-0.05, 0) is 25.1 Å². The molecule has 2 aromatic rings. The summed E-state index contributed by atoms with van der Waals surface area (Å²) >= 11 is 5.58. The molecule has 0 aliphatic rings. The second-order valence-electron chi connectivity index (χ2n) is 3.49. The van der Waals surface area contributed by atoms with Crippen LogP contribution in [0.4, 0.5) is 10.1 Å². The largest absolute Gasteiger partial charge is 0.464 e. The van der Waals surface area contributed by atoms with Crippen LogP contribution in [0.15, 0.2) is 34.0 Å². The molecule has 1 N–H and O–H groups in total. The summed E-state index contributed by atoms with van der Waals surface area (Å²) in [5, 5.41) is 3.46. The Bertz CT molecular complexity index is 639. The molecule has 1 aromatic carbocycles. The van der Waals surface area contributed by atoms with Crippen molar-refractivity contribution in [2.24, 2.45) is 5.10 Å². The molecule has 0 bridgehead atoms. The molecule has 0 spiro atoms. The predicted octanol–water partition coefficient (Wildman–Crippen LogP) is 3.10. The lowest BCUT2D eigenvalue weighted by Crippen LogP contribution is -2.13. The Morgan fingerprint density at radius 1 is 1.53 bits per heavy atom. The molecule has 0 aliphatic heterocycles. The summed E-state index contributed by atoms with van der Waals surface area (Å²) in [6, 6.07) is 4.50. The second kappa shape index (κ2) is 5.71. The normalized spacial score (nSPS) is 11.6. The molecule has 1 heterocycles. The van der Waals surface area contributed by atoms with E-state index in [-0.39, 0.29) is 12.3 Å². The molecule has 0 radical (unpaired) electrons. The van der Waals surface area contributed by atoms with E-state index in [1.165, 1.54) is 18.4 Å². The van der Waals surface area contributed by atoms with Crippen LogP contribution in [0, 0.1) is 5.82 Å². The van der Waals surface area contributed by atoms with Crippen LogP contribution in [0.2, 0.25) is 0 Å². The van der Waals surface area contributed by atoms with E-state index in [4.69, 9.17) is 16.0 Å². The van der Waals surface area contributed by atoms with Gasteiger partial charge in [-0.3, -0.25) is 5.43 Å². The van der Waals surface area contributed by atoms with Crippen molar-refractivity contribution >= 4 is 39.4 Å². The molecule has 0 amide bonds. The molecule has 0 saturated carbocycles. The summed E-state index contributed by atoms with van der Waals surface area (Å²) in [6.45, 7) is 1.82. The molecule has 0 aliphatic carbocycles. The van der Waals surface area contributed by atoms with Crippen molar-refractivity contribution < 1.29 is 18.3 Å². The number of anilines is 1. The van der Waals surface area contributed by atoms with Gasteiger partial charge in [-0.2, -0.15) is 5.10 Å². The SMILES string of the molecule is CCOC(=O)C(Cl)=NNc1ccc2occc2c1F. The van der Waals surface area contributed by atoms with Crippen LogP contribution in [0.1, 0.15) is 6.92 Å². The summed E-state index contributed by atoms with van der Waals surface area (Å²) in [5.74, 6) is -1.32. The van der Waals surface area contributed by atoms with E-state index in [2.05, 4.69) is 15.3 Å². The number of carbonyl (C=O) groups is 1. The first-order valence-electron chi connectivity index (χ1n) is 5.45. The molecule has 19 heavy (non-hydrogen) atoms. The van der Waals surface area contributed by atoms with Crippen LogP contribution in [0.3, 0.4) is 0 Å². The average Bonchev–Trinajstić information content (AvgIpc) is 2.87. The second-order valence-corrected chi connectivity index (χ2v) is 3.85. The number of nitrogens with one attached hydrogen (secondary N) is 1. The number of benzene rings is 1. The highest BCUT2D eigenvalue weighted by Gasteiger charge is 2.11. The standard InChI is InChI=1S/C12H10ClFN2O3/c1-2-18-12(17)11(13)16-15-8-3-4-9-7(10(8)14)5-6-19-9/h3-6,15H,2H2,1H3. The third-order valence-corrected chi connectivity index (χ3v) is 2.53. The average molecular weight is 285 g/mol. The number of hydrogen-bond donors (Lipinski definition) is 1. The summed E-state index contributed by atoms with van der Waals surface area (Å²) in [6.07, 6.45) is 1.38. The van der Waals surface area contributed by atoms with Crippen LogP contribution in [-0.4, -0.2) is 17.7 Å². The first-order chi connectivity index (χ1) is 9.13. The zero-order chi connectivity index (χ0) is 13.8. The molecule has 0 saturated heterocycles. The number of fused-ring (bicyclic) bond motifs is 1. The van der Waals surface area contributed by atoms with Gasteiger partial charge in [-0.1, -0.05) is 11.6 Å². The zero-order valence-corrected chi connectivity index (χ0v) is 10.7. The number of hydrazone groups is 1. The molecule has 2 rings (SSSR count). The summed E-state index contributed by atoms with van der Waals surface area (Å²) in [7, 11) is 0. The van der Waals surface area contributed by atoms with Crippen molar-refractivity contribution in [3.05, 3.63) is 30.3 Å². The Morgan fingerprint density at radius 2 is 2.32 bits per heavy atom.